The summed E-state index contributed by atoms with van der Waals surface area (Å²) in [4.78, 5) is 7.27. The molecule has 3 heteroatoms. The zero-order valence-corrected chi connectivity index (χ0v) is 12.7. The van der Waals surface area contributed by atoms with Crippen LogP contribution in [0.15, 0.2) is 30.3 Å². The second kappa shape index (κ2) is 6.01. The number of halogens is 1. The van der Waals surface area contributed by atoms with E-state index in [0.717, 1.165) is 30.3 Å². The Labute approximate surface area is 125 Å². The average molecular weight is 289 g/mol. The molecule has 106 valence electrons. The minimum Gasteiger partial charge on any atom is -0.356 e. The van der Waals surface area contributed by atoms with E-state index in [0.29, 0.717) is 5.88 Å². The Morgan fingerprint density at radius 1 is 1.35 bits per heavy atom. The smallest absolute Gasteiger partial charge is 0.129 e. The van der Waals surface area contributed by atoms with Crippen molar-refractivity contribution < 1.29 is 0 Å². The number of hydrogen-bond acceptors (Lipinski definition) is 2. The number of anilines is 1. The summed E-state index contributed by atoms with van der Waals surface area (Å²) in [6, 6.07) is 10.5. The van der Waals surface area contributed by atoms with Crippen molar-refractivity contribution in [2.45, 2.75) is 32.1 Å². The van der Waals surface area contributed by atoms with Crippen molar-refractivity contribution in [2.75, 3.05) is 18.0 Å². The Hall–Kier alpha value is -1.28. The van der Waals surface area contributed by atoms with Gasteiger partial charge in [0.1, 0.15) is 5.82 Å². The van der Waals surface area contributed by atoms with Gasteiger partial charge in [-0.1, -0.05) is 31.5 Å². The van der Waals surface area contributed by atoms with Gasteiger partial charge in [0.2, 0.25) is 0 Å². The van der Waals surface area contributed by atoms with E-state index in [1.165, 1.54) is 30.2 Å². The molecular weight excluding hydrogens is 268 g/mol. The number of hydrogen-bond donors (Lipinski definition) is 0. The summed E-state index contributed by atoms with van der Waals surface area (Å²) >= 11 is 6.13. The highest BCUT2D eigenvalue weighted by molar-refractivity contribution is 6.18. The SMILES string of the molecule is CCC1CCCN(c2cc(CCl)c3ccccc3n2)C1. The Balaban J connectivity index is 1.99. The maximum Gasteiger partial charge on any atom is 0.129 e. The summed E-state index contributed by atoms with van der Waals surface area (Å²) in [5, 5.41) is 1.18. The maximum atomic E-state index is 6.13. The predicted octanol–water partition coefficient (Wildman–Crippen LogP) is 4.60. The fraction of sp³-hybridized carbons (Fsp3) is 0.471. The highest BCUT2D eigenvalue weighted by Gasteiger charge is 2.20. The molecule has 1 aliphatic rings. The van der Waals surface area contributed by atoms with Crippen LogP contribution in [-0.2, 0) is 5.88 Å². The lowest BCUT2D eigenvalue weighted by Gasteiger charge is -2.33. The van der Waals surface area contributed by atoms with E-state index < -0.39 is 0 Å². The number of piperidine rings is 1. The molecule has 0 aliphatic carbocycles. The molecular formula is C17H21ClN2. The van der Waals surface area contributed by atoms with Gasteiger partial charge in [-0.05, 0) is 36.5 Å². The van der Waals surface area contributed by atoms with Crippen molar-refractivity contribution >= 4 is 28.3 Å². The normalized spacial score (nSPS) is 19.5. The standard InChI is InChI=1S/C17H21ClN2/c1-2-13-6-5-9-20(12-13)17-10-14(11-18)15-7-3-4-8-16(15)19-17/h3-4,7-8,10,13H,2,5-6,9,11-12H2,1H3. The Kier molecular flexibility index (Phi) is 4.11. The number of aromatic nitrogens is 1. The molecule has 1 saturated heterocycles. The first-order valence-electron chi connectivity index (χ1n) is 7.51. The van der Waals surface area contributed by atoms with E-state index in [1.54, 1.807) is 0 Å². The summed E-state index contributed by atoms with van der Waals surface area (Å²) in [5.41, 5.74) is 2.24. The fourth-order valence-electron chi connectivity index (χ4n) is 3.11. The van der Waals surface area contributed by atoms with Gasteiger partial charge in [-0.25, -0.2) is 4.98 Å². The van der Waals surface area contributed by atoms with Crippen molar-refractivity contribution in [3.63, 3.8) is 0 Å². The van der Waals surface area contributed by atoms with E-state index in [1.807, 2.05) is 12.1 Å². The monoisotopic (exact) mass is 288 g/mol. The minimum atomic E-state index is 0.543. The topological polar surface area (TPSA) is 16.1 Å². The lowest BCUT2D eigenvalue weighted by Crippen LogP contribution is -2.35. The molecule has 20 heavy (non-hydrogen) atoms. The van der Waals surface area contributed by atoms with Gasteiger partial charge in [-0.3, -0.25) is 0 Å². The first-order valence-corrected chi connectivity index (χ1v) is 8.05. The van der Waals surface area contributed by atoms with Crippen LogP contribution in [0.25, 0.3) is 10.9 Å². The van der Waals surface area contributed by atoms with Crippen LogP contribution in [0.3, 0.4) is 0 Å². The van der Waals surface area contributed by atoms with E-state index in [2.05, 4.69) is 30.0 Å². The molecule has 1 aliphatic heterocycles. The quantitative estimate of drug-likeness (QED) is 0.767. The summed E-state index contributed by atoms with van der Waals surface area (Å²) in [7, 11) is 0. The van der Waals surface area contributed by atoms with E-state index in [9.17, 15) is 0 Å². The summed E-state index contributed by atoms with van der Waals surface area (Å²) in [5.74, 6) is 2.44. The van der Waals surface area contributed by atoms with Crippen LogP contribution in [0, 0.1) is 5.92 Å². The Morgan fingerprint density at radius 2 is 2.20 bits per heavy atom. The first-order chi connectivity index (χ1) is 9.81. The van der Waals surface area contributed by atoms with Crippen LogP contribution in [0.2, 0.25) is 0 Å². The van der Waals surface area contributed by atoms with Gasteiger partial charge >= 0.3 is 0 Å². The third kappa shape index (κ3) is 2.62. The zero-order valence-electron chi connectivity index (χ0n) is 12.0. The van der Waals surface area contributed by atoms with E-state index in [4.69, 9.17) is 16.6 Å². The van der Waals surface area contributed by atoms with Crippen LogP contribution in [-0.4, -0.2) is 18.1 Å². The second-order valence-electron chi connectivity index (χ2n) is 5.65. The number of para-hydroxylation sites is 1. The van der Waals surface area contributed by atoms with Gasteiger partial charge < -0.3 is 4.90 Å². The number of nitrogens with zero attached hydrogens (tertiary/aromatic N) is 2. The van der Waals surface area contributed by atoms with Crippen molar-refractivity contribution in [1.82, 2.24) is 4.98 Å². The van der Waals surface area contributed by atoms with Crippen molar-refractivity contribution in [2.24, 2.45) is 5.92 Å². The van der Waals surface area contributed by atoms with Crippen molar-refractivity contribution in [3.05, 3.63) is 35.9 Å². The van der Waals surface area contributed by atoms with Gasteiger partial charge in [0, 0.05) is 24.4 Å². The molecule has 3 rings (SSSR count). The molecule has 1 atom stereocenters. The van der Waals surface area contributed by atoms with Crippen LogP contribution in [0.1, 0.15) is 31.7 Å². The van der Waals surface area contributed by atoms with Crippen LogP contribution in [0.4, 0.5) is 5.82 Å². The van der Waals surface area contributed by atoms with Crippen LogP contribution in [0.5, 0.6) is 0 Å². The zero-order chi connectivity index (χ0) is 13.9. The third-order valence-electron chi connectivity index (χ3n) is 4.35. The fourth-order valence-corrected chi connectivity index (χ4v) is 3.33. The number of pyridine rings is 1. The molecule has 1 fully saturated rings. The van der Waals surface area contributed by atoms with Gasteiger partial charge in [-0.2, -0.15) is 0 Å². The molecule has 2 nitrogen and oxygen atoms in total. The largest absolute Gasteiger partial charge is 0.356 e. The van der Waals surface area contributed by atoms with Crippen LogP contribution < -0.4 is 4.90 Å². The lowest BCUT2D eigenvalue weighted by molar-refractivity contribution is 0.403. The van der Waals surface area contributed by atoms with Crippen molar-refractivity contribution in [3.8, 4) is 0 Å². The number of rotatable bonds is 3. The Bertz CT molecular complexity index is 597. The molecule has 0 spiro atoms. The molecule has 0 radical (unpaired) electrons. The minimum absolute atomic E-state index is 0.543. The molecule has 0 N–H and O–H groups in total. The highest BCUT2D eigenvalue weighted by Crippen LogP contribution is 2.28. The third-order valence-corrected chi connectivity index (χ3v) is 4.64. The molecule has 2 heterocycles. The number of benzene rings is 1. The summed E-state index contributed by atoms with van der Waals surface area (Å²) in [6.45, 7) is 4.53. The average Bonchev–Trinajstić information content (AvgIpc) is 2.53. The number of fused-ring (bicyclic) bond motifs is 1. The first kappa shape index (κ1) is 13.7. The van der Waals surface area contributed by atoms with E-state index >= 15 is 0 Å². The maximum absolute atomic E-state index is 6.13. The highest BCUT2D eigenvalue weighted by atomic mass is 35.5. The molecule has 1 aromatic carbocycles. The van der Waals surface area contributed by atoms with Gasteiger partial charge in [0.25, 0.3) is 0 Å². The van der Waals surface area contributed by atoms with Crippen molar-refractivity contribution in [1.29, 1.82) is 0 Å². The van der Waals surface area contributed by atoms with Gasteiger partial charge in [0.05, 0.1) is 5.52 Å². The lowest BCUT2D eigenvalue weighted by atomic mass is 9.95. The second-order valence-corrected chi connectivity index (χ2v) is 5.92. The summed E-state index contributed by atoms with van der Waals surface area (Å²) in [6.07, 6.45) is 3.87. The summed E-state index contributed by atoms with van der Waals surface area (Å²) < 4.78 is 0. The molecule has 0 saturated carbocycles. The number of alkyl halides is 1. The molecule has 1 aromatic heterocycles. The predicted molar refractivity (Wildman–Crippen MR) is 86.5 cm³/mol. The molecule has 2 aromatic rings. The van der Waals surface area contributed by atoms with Gasteiger partial charge in [-0.15, -0.1) is 11.6 Å². The Morgan fingerprint density at radius 3 is 3.00 bits per heavy atom. The van der Waals surface area contributed by atoms with E-state index in [-0.39, 0.29) is 0 Å². The van der Waals surface area contributed by atoms with Gasteiger partial charge in [0.15, 0.2) is 0 Å². The molecule has 0 bridgehead atoms. The molecule has 1 unspecified atom stereocenters. The van der Waals surface area contributed by atoms with Crippen LogP contribution >= 0.6 is 11.6 Å². The molecule has 0 amide bonds.